The molecular weight excluding hydrogens is 648 g/mol. The topological polar surface area (TPSA) is 117 Å². The van der Waals surface area contributed by atoms with Crippen molar-refractivity contribution in [1.82, 2.24) is 35.1 Å². The van der Waals surface area contributed by atoms with Crippen LogP contribution in [0.25, 0.3) is 10.9 Å². The van der Waals surface area contributed by atoms with E-state index in [9.17, 15) is 14.4 Å². The predicted octanol–water partition coefficient (Wildman–Crippen LogP) is 4.94. The number of likely N-dealkylation sites (tertiary alicyclic amines) is 3. The van der Waals surface area contributed by atoms with Gasteiger partial charge in [-0.25, -0.2) is 9.59 Å². The maximum atomic E-state index is 14.1. The number of halogens is 1. The first kappa shape index (κ1) is 31.0. The summed E-state index contributed by atoms with van der Waals surface area (Å²) in [6.45, 7) is 5.37. The quantitative estimate of drug-likeness (QED) is 0.339. The first-order valence-corrected chi connectivity index (χ1v) is 17.6. The van der Waals surface area contributed by atoms with Crippen molar-refractivity contribution in [3.63, 3.8) is 0 Å². The molecule has 3 fully saturated rings. The maximum Gasteiger partial charge on any atom is 0.322 e. The highest BCUT2D eigenvalue weighted by atomic mass is 79.9. The van der Waals surface area contributed by atoms with E-state index in [2.05, 4.69) is 41.7 Å². The zero-order valence-corrected chi connectivity index (χ0v) is 27.8. The van der Waals surface area contributed by atoms with Crippen LogP contribution < -0.4 is 10.6 Å². The van der Waals surface area contributed by atoms with Crippen LogP contribution in [-0.4, -0.2) is 105 Å². The van der Waals surface area contributed by atoms with E-state index < -0.39 is 6.04 Å². The standard InChI is InChI=1S/C34H43BrN8O3/c35-28-19-23(18-25-21-36-39-31(25)28)20-30(32(44)41-14-8-26(9-15-41)40-12-4-1-5-13-40)38-33(45)42-16-10-27(11-17-42)43-22-24-6-2-3-7-29(24)37-34(43)46/h2-3,6-7,18-19,21,26-27,30H,1,4-5,8-17,20,22H2,(H,36,39)(H,37,46)(H,38,45). The number of hydrogen-bond donors (Lipinski definition) is 3. The van der Waals surface area contributed by atoms with Crippen molar-refractivity contribution in [1.29, 1.82) is 0 Å². The molecule has 0 saturated carbocycles. The molecule has 244 valence electrons. The van der Waals surface area contributed by atoms with Crippen molar-refractivity contribution in [2.24, 2.45) is 0 Å². The van der Waals surface area contributed by atoms with Crippen LogP contribution in [0.1, 0.15) is 56.1 Å². The maximum absolute atomic E-state index is 14.1. The molecule has 4 aliphatic heterocycles. The SMILES string of the molecule is O=C(NC(Cc1cc(Br)c2[nH]ncc2c1)C(=O)N1CCC(N2CCCCC2)CC1)N1CCC(N2Cc3ccccc3NC2=O)CC1. The fourth-order valence-corrected chi connectivity index (χ4v) is 8.33. The van der Waals surface area contributed by atoms with Crippen molar-refractivity contribution in [2.75, 3.05) is 44.6 Å². The highest BCUT2D eigenvalue weighted by Gasteiger charge is 2.35. The molecule has 7 rings (SSSR count). The third kappa shape index (κ3) is 6.60. The Bertz CT molecular complexity index is 1570. The van der Waals surface area contributed by atoms with Gasteiger partial charge in [-0.1, -0.05) is 24.6 Å². The number of carbonyl (C=O) groups excluding carboxylic acids is 3. The number of urea groups is 2. The van der Waals surface area contributed by atoms with Gasteiger partial charge in [0.25, 0.3) is 0 Å². The lowest BCUT2D eigenvalue weighted by atomic mass is 9.98. The third-order valence-corrected chi connectivity index (χ3v) is 11.0. The number of para-hydroxylation sites is 1. The summed E-state index contributed by atoms with van der Waals surface area (Å²) in [6.07, 6.45) is 9.33. The largest absolute Gasteiger partial charge is 0.341 e. The Morgan fingerprint density at radius 3 is 2.43 bits per heavy atom. The van der Waals surface area contributed by atoms with Crippen molar-refractivity contribution in [3.05, 3.63) is 58.2 Å². The van der Waals surface area contributed by atoms with Crippen molar-refractivity contribution < 1.29 is 14.4 Å². The zero-order chi connectivity index (χ0) is 31.6. The van der Waals surface area contributed by atoms with E-state index in [4.69, 9.17) is 0 Å². The van der Waals surface area contributed by atoms with Gasteiger partial charge in [0.15, 0.2) is 0 Å². The minimum atomic E-state index is -0.683. The third-order valence-electron chi connectivity index (χ3n) is 10.3. The molecule has 11 nitrogen and oxygen atoms in total. The highest BCUT2D eigenvalue weighted by Crippen LogP contribution is 2.29. The molecule has 2 aromatic carbocycles. The summed E-state index contributed by atoms with van der Waals surface area (Å²) < 4.78 is 0.879. The van der Waals surface area contributed by atoms with E-state index in [1.54, 1.807) is 11.1 Å². The van der Waals surface area contributed by atoms with E-state index in [1.807, 2.05) is 46.2 Å². The van der Waals surface area contributed by atoms with Crippen molar-refractivity contribution in [2.45, 2.75) is 76.0 Å². The molecule has 5 heterocycles. The Labute approximate surface area is 278 Å². The average molecular weight is 692 g/mol. The molecule has 3 saturated heterocycles. The van der Waals surface area contributed by atoms with E-state index in [-0.39, 0.29) is 24.0 Å². The minimum absolute atomic E-state index is 0.0209. The van der Waals surface area contributed by atoms with Crippen LogP contribution in [0.15, 0.2) is 47.1 Å². The summed E-state index contributed by atoms with van der Waals surface area (Å²) in [5.74, 6) is -0.0209. The van der Waals surface area contributed by atoms with E-state index in [1.165, 1.54) is 19.3 Å². The molecule has 0 spiro atoms. The lowest BCUT2D eigenvalue weighted by Gasteiger charge is -2.42. The summed E-state index contributed by atoms with van der Waals surface area (Å²) in [5.41, 5.74) is 3.83. The Kier molecular flexibility index (Phi) is 9.17. The number of nitrogens with zero attached hydrogens (tertiary/aromatic N) is 5. The smallest absolute Gasteiger partial charge is 0.322 e. The molecule has 46 heavy (non-hydrogen) atoms. The first-order chi connectivity index (χ1) is 22.4. The van der Waals surface area contributed by atoms with Crippen LogP contribution in [0.2, 0.25) is 0 Å². The second kappa shape index (κ2) is 13.6. The molecule has 12 heteroatoms. The number of hydrogen-bond acceptors (Lipinski definition) is 5. The summed E-state index contributed by atoms with van der Waals surface area (Å²) in [4.78, 5) is 48.9. The van der Waals surface area contributed by atoms with Crippen LogP contribution in [0.5, 0.6) is 0 Å². The van der Waals surface area contributed by atoms with Crippen LogP contribution in [0, 0.1) is 0 Å². The molecule has 3 N–H and O–H groups in total. The van der Waals surface area contributed by atoms with Gasteiger partial charge in [0, 0.05) is 66.8 Å². The number of benzene rings is 2. The molecule has 1 unspecified atom stereocenters. The van der Waals surface area contributed by atoms with Gasteiger partial charge in [0.05, 0.1) is 11.7 Å². The van der Waals surface area contributed by atoms with Crippen LogP contribution in [0.3, 0.4) is 0 Å². The van der Waals surface area contributed by atoms with Gasteiger partial charge in [0.1, 0.15) is 6.04 Å². The Balaban J connectivity index is 1.01. The Hall–Kier alpha value is -3.64. The number of rotatable bonds is 6. The number of aromatic amines is 1. The molecule has 0 aliphatic carbocycles. The molecule has 4 aliphatic rings. The predicted molar refractivity (Wildman–Crippen MR) is 180 cm³/mol. The van der Waals surface area contributed by atoms with Gasteiger partial charge in [0.2, 0.25) is 5.91 Å². The molecule has 0 radical (unpaired) electrons. The number of amides is 5. The van der Waals surface area contributed by atoms with Gasteiger partial charge in [-0.3, -0.25) is 9.89 Å². The monoisotopic (exact) mass is 690 g/mol. The zero-order valence-electron chi connectivity index (χ0n) is 26.2. The van der Waals surface area contributed by atoms with Gasteiger partial charge < -0.3 is 30.2 Å². The molecule has 1 atom stereocenters. The first-order valence-electron chi connectivity index (χ1n) is 16.8. The summed E-state index contributed by atoms with van der Waals surface area (Å²) in [7, 11) is 0. The van der Waals surface area contributed by atoms with Gasteiger partial charge in [-0.05, 0) is 96.9 Å². The number of H-pyrrole nitrogens is 1. The molecule has 3 aromatic rings. The second-order valence-corrected chi connectivity index (χ2v) is 14.1. The summed E-state index contributed by atoms with van der Waals surface area (Å²) >= 11 is 3.64. The van der Waals surface area contributed by atoms with Crippen LogP contribution >= 0.6 is 15.9 Å². The van der Waals surface area contributed by atoms with Gasteiger partial charge >= 0.3 is 12.1 Å². The average Bonchev–Trinajstić information content (AvgIpc) is 3.57. The van der Waals surface area contributed by atoms with Gasteiger partial charge in [-0.2, -0.15) is 5.10 Å². The lowest BCUT2D eigenvalue weighted by Crippen LogP contribution is -2.57. The Morgan fingerprint density at radius 1 is 0.935 bits per heavy atom. The van der Waals surface area contributed by atoms with E-state index in [0.717, 1.165) is 58.1 Å². The fraction of sp³-hybridized carbons (Fsp3) is 0.529. The summed E-state index contributed by atoms with van der Waals surface area (Å²) in [5, 5.41) is 14.3. The number of piperidine rings is 3. The number of anilines is 1. The summed E-state index contributed by atoms with van der Waals surface area (Å²) in [6, 6.07) is 11.5. The molecule has 0 bridgehead atoms. The number of nitrogens with one attached hydrogen (secondary N) is 3. The molecular formula is C34H43BrN8O3. The number of fused-ring (bicyclic) bond motifs is 2. The number of aromatic nitrogens is 2. The molecule has 1 aromatic heterocycles. The van der Waals surface area contributed by atoms with Gasteiger partial charge in [-0.15, -0.1) is 0 Å². The fourth-order valence-electron chi connectivity index (χ4n) is 7.72. The lowest BCUT2D eigenvalue weighted by molar-refractivity contribution is -0.134. The number of carbonyl (C=O) groups is 3. The van der Waals surface area contributed by atoms with Crippen LogP contribution in [0.4, 0.5) is 15.3 Å². The minimum Gasteiger partial charge on any atom is -0.341 e. The highest BCUT2D eigenvalue weighted by molar-refractivity contribution is 9.10. The second-order valence-electron chi connectivity index (χ2n) is 13.2. The normalized spacial score (nSPS) is 20.8. The van der Waals surface area contributed by atoms with Crippen LogP contribution in [-0.2, 0) is 17.8 Å². The van der Waals surface area contributed by atoms with Crippen molar-refractivity contribution >= 4 is 50.5 Å². The van der Waals surface area contributed by atoms with E-state index >= 15 is 0 Å². The van der Waals surface area contributed by atoms with Crippen molar-refractivity contribution in [3.8, 4) is 0 Å². The molecule has 5 amide bonds. The Morgan fingerprint density at radius 2 is 1.65 bits per heavy atom. The van der Waals surface area contributed by atoms with E-state index in [0.29, 0.717) is 58.0 Å².